The van der Waals surface area contributed by atoms with Crippen LogP contribution in [0, 0.1) is 11.8 Å². The van der Waals surface area contributed by atoms with Gasteiger partial charge >= 0.3 is 7.82 Å². The maximum absolute atomic E-state index is 10.5. The molecular weight excluding hydrogens is 202 g/mol. The van der Waals surface area contributed by atoms with Gasteiger partial charge in [0.2, 0.25) is 0 Å². The Bertz CT molecular complexity index is 194. The highest BCUT2D eigenvalue weighted by Crippen LogP contribution is 2.37. The average Bonchev–Trinajstić information content (AvgIpc) is 2.10. The zero-order valence-corrected chi connectivity index (χ0v) is 10.0. The van der Waals surface area contributed by atoms with Crippen LogP contribution in [-0.4, -0.2) is 24.2 Å². The number of hydrogen-bond acceptors (Lipinski definition) is 2. The highest BCUT2D eigenvalue weighted by Gasteiger charge is 2.18. The normalized spacial score (nSPS) is 16.6. The summed E-state index contributed by atoms with van der Waals surface area (Å²) >= 11 is 0. The third-order valence-corrected chi connectivity index (χ3v) is 2.97. The molecule has 0 spiro atoms. The van der Waals surface area contributed by atoms with E-state index in [9.17, 15) is 4.57 Å². The van der Waals surface area contributed by atoms with Crippen molar-refractivity contribution in [2.24, 2.45) is 11.8 Å². The SMILES string of the molecule is BCC(COP(=O)(O)O)CC(C)CC. The van der Waals surface area contributed by atoms with Crippen LogP contribution in [0.25, 0.3) is 0 Å². The van der Waals surface area contributed by atoms with Gasteiger partial charge in [-0.05, 0) is 18.3 Å². The van der Waals surface area contributed by atoms with E-state index in [0.29, 0.717) is 5.92 Å². The first-order chi connectivity index (χ1) is 6.39. The van der Waals surface area contributed by atoms with Crippen molar-refractivity contribution in [3.8, 4) is 0 Å². The molecule has 0 aliphatic carbocycles. The van der Waals surface area contributed by atoms with Crippen molar-refractivity contribution in [2.45, 2.75) is 33.0 Å². The molecule has 0 rings (SSSR count). The van der Waals surface area contributed by atoms with Crippen LogP contribution in [0.1, 0.15) is 26.7 Å². The van der Waals surface area contributed by atoms with E-state index < -0.39 is 7.82 Å². The van der Waals surface area contributed by atoms with Crippen LogP contribution in [0.3, 0.4) is 0 Å². The highest BCUT2D eigenvalue weighted by molar-refractivity contribution is 7.46. The molecule has 0 aliphatic rings. The number of phosphoric acid groups is 1. The average molecular weight is 222 g/mol. The molecule has 0 radical (unpaired) electrons. The summed E-state index contributed by atoms with van der Waals surface area (Å²) in [7, 11) is -2.27. The third kappa shape index (κ3) is 7.57. The molecule has 2 atom stereocenters. The van der Waals surface area contributed by atoms with Gasteiger partial charge in [0.25, 0.3) is 0 Å². The van der Waals surface area contributed by atoms with Crippen molar-refractivity contribution >= 4 is 15.7 Å². The molecule has 6 heteroatoms. The minimum absolute atomic E-state index is 0.158. The van der Waals surface area contributed by atoms with Gasteiger partial charge in [-0.2, -0.15) is 0 Å². The van der Waals surface area contributed by atoms with Gasteiger partial charge in [-0.1, -0.05) is 26.6 Å². The maximum atomic E-state index is 10.5. The molecule has 0 fully saturated rings. The molecule has 0 aromatic heterocycles. The smallest absolute Gasteiger partial charge is 0.303 e. The second kappa shape index (κ2) is 6.62. The van der Waals surface area contributed by atoms with Gasteiger partial charge in [-0.25, -0.2) is 4.57 Å². The van der Waals surface area contributed by atoms with Gasteiger partial charge in [0.1, 0.15) is 7.85 Å². The molecule has 14 heavy (non-hydrogen) atoms. The first-order valence-electron chi connectivity index (χ1n) is 5.09. The Labute approximate surface area is 86.7 Å². The van der Waals surface area contributed by atoms with E-state index in [2.05, 4.69) is 18.4 Å². The van der Waals surface area contributed by atoms with Crippen LogP contribution >= 0.6 is 7.82 Å². The van der Waals surface area contributed by atoms with Crippen LogP contribution in [0.5, 0.6) is 0 Å². The van der Waals surface area contributed by atoms with Crippen LogP contribution in [0.2, 0.25) is 6.32 Å². The van der Waals surface area contributed by atoms with Gasteiger partial charge in [0.15, 0.2) is 0 Å². The summed E-state index contributed by atoms with van der Waals surface area (Å²) in [4.78, 5) is 17.1. The molecule has 84 valence electrons. The van der Waals surface area contributed by atoms with E-state index in [-0.39, 0.29) is 12.5 Å². The molecule has 0 saturated heterocycles. The lowest BCUT2D eigenvalue weighted by atomic mass is 9.85. The van der Waals surface area contributed by atoms with Crippen LogP contribution in [0.15, 0.2) is 0 Å². The third-order valence-electron chi connectivity index (χ3n) is 2.49. The van der Waals surface area contributed by atoms with E-state index in [1.165, 1.54) is 0 Å². The first-order valence-corrected chi connectivity index (χ1v) is 6.62. The van der Waals surface area contributed by atoms with E-state index in [0.717, 1.165) is 19.2 Å². The van der Waals surface area contributed by atoms with E-state index in [1.54, 1.807) is 0 Å². The standard InChI is InChI=1S/C8H20BO4P/c1-3-7(2)4-8(5-9)6-13-14(10,11)12/h7-8H,3-6,9H2,1-2H3,(H2,10,11,12). The molecule has 2 N–H and O–H groups in total. The monoisotopic (exact) mass is 222 g/mol. The molecule has 0 aromatic carbocycles. The summed E-state index contributed by atoms with van der Waals surface area (Å²) in [6.45, 7) is 4.41. The summed E-state index contributed by atoms with van der Waals surface area (Å²) < 4.78 is 15.0. The predicted octanol–water partition coefficient (Wildman–Crippen LogP) is 1.20. The molecule has 0 aliphatic heterocycles. The van der Waals surface area contributed by atoms with Crippen LogP contribution in [0.4, 0.5) is 0 Å². The molecule has 0 bridgehead atoms. The Morgan fingerprint density at radius 1 is 1.50 bits per heavy atom. The van der Waals surface area contributed by atoms with E-state index >= 15 is 0 Å². The Morgan fingerprint density at radius 2 is 2.07 bits per heavy atom. The lowest BCUT2D eigenvalue weighted by Gasteiger charge is -2.18. The Balaban J connectivity index is 3.86. The summed E-state index contributed by atoms with van der Waals surface area (Å²) in [6.07, 6.45) is 2.95. The van der Waals surface area contributed by atoms with Gasteiger partial charge in [0.05, 0.1) is 6.61 Å². The largest absolute Gasteiger partial charge is 0.469 e. The van der Waals surface area contributed by atoms with Crippen molar-refractivity contribution in [3.63, 3.8) is 0 Å². The fraction of sp³-hybridized carbons (Fsp3) is 1.00. The van der Waals surface area contributed by atoms with E-state index in [4.69, 9.17) is 9.79 Å². The zero-order chi connectivity index (χ0) is 11.2. The van der Waals surface area contributed by atoms with E-state index in [1.807, 2.05) is 7.85 Å². The Kier molecular flexibility index (Phi) is 6.70. The van der Waals surface area contributed by atoms with Gasteiger partial charge in [-0.15, -0.1) is 0 Å². The van der Waals surface area contributed by atoms with Crippen molar-refractivity contribution < 1.29 is 18.9 Å². The Hall–Kier alpha value is 0.175. The Morgan fingerprint density at radius 3 is 2.43 bits per heavy atom. The number of rotatable bonds is 7. The first kappa shape index (κ1) is 14.2. The number of hydrogen-bond donors (Lipinski definition) is 2. The van der Waals surface area contributed by atoms with Gasteiger partial charge < -0.3 is 9.79 Å². The second-order valence-electron chi connectivity index (χ2n) is 3.81. The van der Waals surface area contributed by atoms with Crippen LogP contribution in [-0.2, 0) is 9.09 Å². The van der Waals surface area contributed by atoms with Crippen molar-refractivity contribution in [1.29, 1.82) is 0 Å². The van der Waals surface area contributed by atoms with Crippen LogP contribution < -0.4 is 0 Å². The number of phosphoric ester groups is 1. The topological polar surface area (TPSA) is 66.8 Å². The fourth-order valence-electron chi connectivity index (χ4n) is 1.29. The predicted molar refractivity (Wildman–Crippen MR) is 58.9 cm³/mol. The molecule has 2 unspecified atom stereocenters. The second-order valence-corrected chi connectivity index (χ2v) is 5.05. The molecule has 0 saturated carbocycles. The minimum Gasteiger partial charge on any atom is -0.303 e. The van der Waals surface area contributed by atoms with Crippen molar-refractivity contribution in [3.05, 3.63) is 0 Å². The molecule has 4 nitrogen and oxygen atoms in total. The summed E-state index contributed by atoms with van der Waals surface area (Å²) in [6, 6.07) is 0. The lowest BCUT2D eigenvalue weighted by molar-refractivity contribution is 0.163. The minimum atomic E-state index is -4.28. The van der Waals surface area contributed by atoms with Crippen molar-refractivity contribution in [2.75, 3.05) is 6.61 Å². The molecule has 0 amide bonds. The summed E-state index contributed by atoms with van der Waals surface area (Å²) in [5.41, 5.74) is 0. The zero-order valence-electron chi connectivity index (χ0n) is 9.14. The molecule has 0 heterocycles. The lowest BCUT2D eigenvalue weighted by Crippen LogP contribution is -2.12. The molecule has 0 aromatic rings. The summed E-state index contributed by atoms with van der Waals surface area (Å²) in [5.74, 6) is 0.831. The van der Waals surface area contributed by atoms with Crippen molar-refractivity contribution in [1.82, 2.24) is 0 Å². The quantitative estimate of drug-likeness (QED) is 0.501. The fourth-order valence-corrected chi connectivity index (χ4v) is 1.70. The van der Waals surface area contributed by atoms with Gasteiger partial charge in [0, 0.05) is 0 Å². The van der Waals surface area contributed by atoms with Gasteiger partial charge in [-0.3, -0.25) is 4.52 Å². The molecular formula is C8H20BO4P. The highest BCUT2D eigenvalue weighted by atomic mass is 31.2. The summed E-state index contributed by atoms with van der Waals surface area (Å²) in [5, 5.41) is 0. The maximum Gasteiger partial charge on any atom is 0.469 e.